The molecular formula is C8H15NO2. The molecule has 0 radical (unpaired) electrons. The van der Waals surface area contributed by atoms with Crippen LogP contribution in [0, 0.1) is 12.3 Å². The van der Waals surface area contributed by atoms with Crippen molar-refractivity contribution in [1.82, 2.24) is 0 Å². The lowest BCUT2D eigenvalue weighted by Gasteiger charge is -2.16. The van der Waals surface area contributed by atoms with Crippen LogP contribution in [0.25, 0.3) is 0 Å². The smallest absolute Gasteiger partial charge is 0.405 e. The van der Waals surface area contributed by atoms with E-state index in [0.29, 0.717) is 0 Å². The van der Waals surface area contributed by atoms with Gasteiger partial charge in [-0.15, -0.1) is 12.3 Å². The summed E-state index contributed by atoms with van der Waals surface area (Å²) in [5.41, 5.74) is 4.26. The van der Waals surface area contributed by atoms with Gasteiger partial charge in [-0.05, 0) is 27.7 Å². The van der Waals surface area contributed by atoms with E-state index in [-0.39, 0.29) is 0 Å². The molecule has 3 heteroatoms. The van der Waals surface area contributed by atoms with Crippen LogP contribution >= 0.6 is 0 Å². The molecule has 0 heterocycles. The van der Waals surface area contributed by atoms with E-state index in [0.717, 1.165) is 0 Å². The van der Waals surface area contributed by atoms with Gasteiger partial charge >= 0.3 is 6.09 Å². The molecule has 0 aliphatic rings. The van der Waals surface area contributed by atoms with Crippen molar-refractivity contribution in [2.24, 2.45) is 5.73 Å². The maximum absolute atomic E-state index is 10.0. The Balaban J connectivity index is 0. The third kappa shape index (κ3) is 28.1. The van der Waals surface area contributed by atoms with E-state index >= 15 is 0 Å². The minimum atomic E-state index is -0.725. The molecule has 0 saturated carbocycles. The Bertz CT molecular complexity index is 150. The summed E-state index contributed by atoms with van der Waals surface area (Å²) in [5.74, 6) is 2.25. The van der Waals surface area contributed by atoms with Gasteiger partial charge in [-0.3, -0.25) is 0 Å². The number of terminal acetylenes is 1. The average molecular weight is 157 g/mol. The van der Waals surface area contributed by atoms with Gasteiger partial charge in [0.15, 0.2) is 0 Å². The van der Waals surface area contributed by atoms with E-state index in [4.69, 9.17) is 5.73 Å². The third-order valence-electron chi connectivity index (χ3n) is 0.407. The Morgan fingerprint density at radius 3 is 1.82 bits per heavy atom. The maximum Gasteiger partial charge on any atom is 0.405 e. The number of nitrogens with two attached hydrogens (primary N) is 1. The fourth-order valence-electron chi connectivity index (χ4n) is 0.302. The molecule has 0 aliphatic carbocycles. The maximum atomic E-state index is 10.0. The minimum Gasteiger partial charge on any atom is -0.444 e. The second kappa shape index (κ2) is 5.60. The van der Waals surface area contributed by atoms with Crippen molar-refractivity contribution in [2.75, 3.05) is 0 Å². The van der Waals surface area contributed by atoms with Crippen LogP contribution in [0.4, 0.5) is 4.79 Å². The van der Waals surface area contributed by atoms with Crippen molar-refractivity contribution in [3.63, 3.8) is 0 Å². The highest BCUT2D eigenvalue weighted by molar-refractivity contribution is 5.65. The second-order valence-corrected chi connectivity index (χ2v) is 2.82. The number of ether oxygens (including phenoxy) is 1. The minimum absolute atomic E-state index is 0.453. The van der Waals surface area contributed by atoms with Crippen LogP contribution in [0.1, 0.15) is 27.7 Å². The second-order valence-electron chi connectivity index (χ2n) is 2.82. The Kier molecular flexibility index (Phi) is 6.37. The predicted molar refractivity (Wildman–Crippen MR) is 44.9 cm³/mol. The first-order valence-electron chi connectivity index (χ1n) is 3.19. The van der Waals surface area contributed by atoms with Gasteiger partial charge in [0.1, 0.15) is 5.60 Å². The molecule has 0 aromatic heterocycles. The Morgan fingerprint density at radius 1 is 1.55 bits per heavy atom. The van der Waals surface area contributed by atoms with Crippen LogP contribution in [-0.2, 0) is 4.74 Å². The van der Waals surface area contributed by atoms with Crippen LogP contribution in [0.3, 0.4) is 0 Å². The van der Waals surface area contributed by atoms with E-state index in [9.17, 15) is 4.79 Å². The summed E-state index contributed by atoms with van der Waals surface area (Å²) in [5, 5.41) is 0. The van der Waals surface area contributed by atoms with Gasteiger partial charge < -0.3 is 10.5 Å². The van der Waals surface area contributed by atoms with Crippen molar-refractivity contribution in [1.29, 1.82) is 0 Å². The molecule has 0 unspecified atom stereocenters. The highest BCUT2D eigenvalue weighted by atomic mass is 16.6. The third-order valence-corrected chi connectivity index (χ3v) is 0.407. The zero-order valence-electron chi connectivity index (χ0n) is 7.47. The van der Waals surface area contributed by atoms with Gasteiger partial charge in [0, 0.05) is 0 Å². The largest absolute Gasteiger partial charge is 0.444 e. The molecule has 64 valence electrons. The van der Waals surface area contributed by atoms with Gasteiger partial charge in [0.2, 0.25) is 0 Å². The molecule has 0 rings (SSSR count). The number of primary amides is 1. The Labute approximate surface area is 67.9 Å². The van der Waals surface area contributed by atoms with Gasteiger partial charge in [0.05, 0.1) is 0 Å². The molecular weight excluding hydrogens is 142 g/mol. The summed E-state index contributed by atoms with van der Waals surface area (Å²) in [6.45, 7) is 6.94. The summed E-state index contributed by atoms with van der Waals surface area (Å²) in [7, 11) is 0. The van der Waals surface area contributed by atoms with Crippen molar-refractivity contribution in [2.45, 2.75) is 33.3 Å². The summed E-state index contributed by atoms with van der Waals surface area (Å²) < 4.78 is 4.58. The fourth-order valence-corrected chi connectivity index (χ4v) is 0.302. The van der Waals surface area contributed by atoms with Gasteiger partial charge in [-0.25, -0.2) is 4.79 Å². The van der Waals surface area contributed by atoms with Crippen LogP contribution in [0.2, 0.25) is 0 Å². The number of carbonyl (C=O) groups is 1. The molecule has 0 fully saturated rings. The van der Waals surface area contributed by atoms with Crippen LogP contribution < -0.4 is 5.73 Å². The van der Waals surface area contributed by atoms with Gasteiger partial charge in [0.25, 0.3) is 0 Å². The van der Waals surface area contributed by atoms with E-state index in [2.05, 4.69) is 17.1 Å². The van der Waals surface area contributed by atoms with Crippen LogP contribution in [0.15, 0.2) is 0 Å². The normalized spacial score (nSPS) is 8.64. The van der Waals surface area contributed by atoms with Crippen molar-refractivity contribution >= 4 is 6.09 Å². The zero-order chi connectivity index (χ0) is 9.49. The van der Waals surface area contributed by atoms with E-state index in [1.54, 1.807) is 27.7 Å². The van der Waals surface area contributed by atoms with E-state index in [1.165, 1.54) is 0 Å². The fraction of sp³-hybridized carbons (Fsp3) is 0.625. The molecule has 0 spiro atoms. The molecule has 0 aromatic carbocycles. The van der Waals surface area contributed by atoms with Gasteiger partial charge in [-0.1, -0.05) is 0 Å². The predicted octanol–water partition coefficient (Wildman–Crippen LogP) is 1.52. The first-order valence-corrected chi connectivity index (χ1v) is 3.19. The number of hydrogen-bond acceptors (Lipinski definition) is 2. The Morgan fingerprint density at radius 2 is 1.82 bits per heavy atom. The van der Waals surface area contributed by atoms with Gasteiger partial charge in [-0.2, -0.15) is 0 Å². The monoisotopic (exact) mass is 157 g/mol. The molecule has 0 atom stereocenters. The van der Waals surface area contributed by atoms with Crippen molar-refractivity contribution in [3.05, 3.63) is 0 Å². The number of carbonyl (C=O) groups excluding carboxylic acids is 1. The zero-order valence-corrected chi connectivity index (χ0v) is 7.47. The van der Waals surface area contributed by atoms with Crippen LogP contribution in [0.5, 0.6) is 0 Å². The SMILES string of the molecule is C#CC.CC(C)(C)OC(N)=O. The molecule has 0 bridgehead atoms. The summed E-state index contributed by atoms with van der Waals surface area (Å²) >= 11 is 0. The first-order chi connectivity index (χ1) is 4.83. The lowest BCUT2D eigenvalue weighted by Crippen LogP contribution is -2.27. The summed E-state index contributed by atoms with van der Waals surface area (Å²) in [6.07, 6.45) is 3.87. The quantitative estimate of drug-likeness (QED) is 0.542. The molecule has 3 nitrogen and oxygen atoms in total. The number of amides is 1. The molecule has 0 aliphatic heterocycles. The lowest BCUT2D eigenvalue weighted by molar-refractivity contribution is 0.0600. The first kappa shape index (κ1) is 12.5. The topological polar surface area (TPSA) is 52.3 Å². The molecule has 0 saturated heterocycles. The highest BCUT2D eigenvalue weighted by Gasteiger charge is 2.12. The number of rotatable bonds is 0. The lowest BCUT2D eigenvalue weighted by atomic mass is 10.2. The molecule has 11 heavy (non-hydrogen) atoms. The highest BCUT2D eigenvalue weighted by Crippen LogP contribution is 2.04. The van der Waals surface area contributed by atoms with E-state index < -0.39 is 11.7 Å². The van der Waals surface area contributed by atoms with Crippen molar-refractivity contribution in [3.8, 4) is 12.3 Å². The summed E-state index contributed by atoms with van der Waals surface area (Å²) in [4.78, 5) is 10.0. The summed E-state index contributed by atoms with van der Waals surface area (Å²) in [6, 6.07) is 0. The molecule has 2 N–H and O–H groups in total. The van der Waals surface area contributed by atoms with Crippen molar-refractivity contribution < 1.29 is 9.53 Å². The van der Waals surface area contributed by atoms with E-state index in [1.807, 2.05) is 0 Å². The average Bonchev–Trinajstić information content (AvgIpc) is 1.57. The standard InChI is InChI=1S/C5H11NO2.C3H4/c1-5(2,3)8-4(6)7;1-3-2/h1-3H3,(H2,6,7);1H,2H3. The molecule has 1 amide bonds. The number of hydrogen-bond donors (Lipinski definition) is 1. The molecule has 0 aromatic rings. The van der Waals surface area contributed by atoms with Crippen LogP contribution in [-0.4, -0.2) is 11.7 Å². The Hall–Kier alpha value is -1.17.